The van der Waals surface area contributed by atoms with Gasteiger partial charge in [-0.2, -0.15) is 0 Å². The molecule has 2 rings (SSSR count). The van der Waals surface area contributed by atoms with Crippen molar-refractivity contribution in [1.82, 2.24) is 0 Å². The highest BCUT2D eigenvalue weighted by Crippen LogP contribution is 2.19. The molecule has 0 heterocycles. The molecule has 0 aromatic heterocycles. The molecule has 2 heteroatoms. The minimum atomic E-state index is 0.502. The molecule has 0 N–H and O–H groups in total. The zero-order chi connectivity index (χ0) is 13.5. The molecule has 0 spiro atoms. The van der Waals surface area contributed by atoms with Crippen LogP contribution in [0.25, 0.3) is 0 Å². The molecule has 99 valence electrons. The highest BCUT2D eigenvalue weighted by atomic mass is 16.5. The lowest BCUT2D eigenvalue weighted by molar-refractivity contribution is 0.265. The van der Waals surface area contributed by atoms with Crippen molar-refractivity contribution in [3.05, 3.63) is 60.2 Å². The second-order valence-corrected chi connectivity index (χ2v) is 4.86. The SMILES string of the molecule is CC(C)COc1[c]c(OCc2ccccc2)ccc1. The van der Waals surface area contributed by atoms with E-state index in [-0.39, 0.29) is 0 Å². The van der Waals surface area contributed by atoms with Crippen LogP contribution >= 0.6 is 0 Å². The highest BCUT2D eigenvalue weighted by molar-refractivity contribution is 5.31. The molecule has 0 fully saturated rings. The molecular weight excluding hydrogens is 236 g/mol. The Bertz CT molecular complexity index is 492. The fourth-order valence-electron chi connectivity index (χ4n) is 1.59. The van der Waals surface area contributed by atoms with Crippen LogP contribution in [-0.2, 0) is 6.61 Å². The zero-order valence-corrected chi connectivity index (χ0v) is 11.4. The third-order valence-corrected chi connectivity index (χ3v) is 2.55. The number of hydrogen-bond donors (Lipinski definition) is 0. The van der Waals surface area contributed by atoms with Crippen LogP contribution in [0, 0.1) is 12.0 Å². The van der Waals surface area contributed by atoms with E-state index in [1.54, 1.807) is 0 Å². The predicted octanol–water partition coefficient (Wildman–Crippen LogP) is 4.10. The summed E-state index contributed by atoms with van der Waals surface area (Å²) in [4.78, 5) is 0. The maximum atomic E-state index is 5.70. The molecule has 2 aromatic carbocycles. The van der Waals surface area contributed by atoms with Crippen LogP contribution in [0.3, 0.4) is 0 Å². The predicted molar refractivity (Wildman–Crippen MR) is 76.4 cm³/mol. The molecule has 0 aliphatic carbocycles. The van der Waals surface area contributed by atoms with Gasteiger partial charge in [-0.25, -0.2) is 0 Å². The van der Waals surface area contributed by atoms with Crippen LogP contribution in [0.5, 0.6) is 11.5 Å². The quantitative estimate of drug-likeness (QED) is 0.773. The normalized spacial score (nSPS) is 10.5. The van der Waals surface area contributed by atoms with Crippen LogP contribution in [0.2, 0.25) is 0 Å². The first-order valence-electron chi connectivity index (χ1n) is 6.56. The minimum Gasteiger partial charge on any atom is -0.493 e. The molecule has 2 aromatic rings. The van der Waals surface area contributed by atoms with Gasteiger partial charge in [0.25, 0.3) is 0 Å². The largest absolute Gasteiger partial charge is 0.493 e. The first-order chi connectivity index (χ1) is 9.24. The Morgan fingerprint density at radius 1 is 0.895 bits per heavy atom. The van der Waals surface area contributed by atoms with E-state index in [1.165, 1.54) is 0 Å². The Labute approximate surface area is 115 Å². The Balaban J connectivity index is 1.91. The summed E-state index contributed by atoms with van der Waals surface area (Å²) in [6.07, 6.45) is 0. The fraction of sp³-hybridized carbons (Fsp3) is 0.294. The molecule has 2 nitrogen and oxygen atoms in total. The Kier molecular flexibility index (Phi) is 4.85. The molecule has 0 aliphatic heterocycles. The van der Waals surface area contributed by atoms with Gasteiger partial charge in [0, 0.05) is 0 Å². The summed E-state index contributed by atoms with van der Waals surface area (Å²) in [5.41, 5.74) is 1.14. The van der Waals surface area contributed by atoms with E-state index in [2.05, 4.69) is 19.9 Å². The molecule has 0 bridgehead atoms. The van der Waals surface area contributed by atoms with Gasteiger partial charge in [0.05, 0.1) is 12.7 Å². The van der Waals surface area contributed by atoms with Crippen molar-refractivity contribution in [3.8, 4) is 11.5 Å². The van der Waals surface area contributed by atoms with Gasteiger partial charge in [-0.15, -0.1) is 0 Å². The van der Waals surface area contributed by atoms with E-state index in [0.29, 0.717) is 24.9 Å². The molecule has 0 saturated heterocycles. The standard InChI is InChI=1S/C17H19O2/c1-14(2)12-18-16-9-6-10-17(11-16)19-13-15-7-4-3-5-8-15/h3-10,14H,12-13H2,1-2H3. The van der Waals surface area contributed by atoms with E-state index >= 15 is 0 Å². The second-order valence-electron chi connectivity index (χ2n) is 4.86. The van der Waals surface area contributed by atoms with Gasteiger partial charge in [0.15, 0.2) is 0 Å². The molecule has 0 unspecified atom stereocenters. The molecule has 0 saturated carbocycles. The lowest BCUT2D eigenvalue weighted by atomic mass is 10.2. The van der Waals surface area contributed by atoms with Crippen LogP contribution in [0.1, 0.15) is 19.4 Å². The maximum absolute atomic E-state index is 5.70. The average Bonchev–Trinajstić information content (AvgIpc) is 2.44. The maximum Gasteiger partial charge on any atom is 0.131 e. The van der Waals surface area contributed by atoms with E-state index in [0.717, 1.165) is 11.3 Å². The molecule has 0 aliphatic rings. The van der Waals surface area contributed by atoms with Gasteiger partial charge in [0.1, 0.15) is 18.1 Å². The number of rotatable bonds is 6. The number of hydrogen-bond acceptors (Lipinski definition) is 2. The van der Waals surface area contributed by atoms with Crippen molar-refractivity contribution >= 4 is 0 Å². The molecule has 1 radical (unpaired) electrons. The van der Waals surface area contributed by atoms with E-state index in [9.17, 15) is 0 Å². The summed E-state index contributed by atoms with van der Waals surface area (Å²) in [6, 6.07) is 18.9. The number of ether oxygens (including phenoxy) is 2. The first kappa shape index (κ1) is 13.5. The summed E-state index contributed by atoms with van der Waals surface area (Å²) < 4.78 is 11.3. The van der Waals surface area contributed by atoms with E-state index in [4.69, 9.17) is 9.47 Å². The summed E-state index contributed by atoms with van der Waals surface area (Å²) in [5, 5.41) is 0. The second kappa shape index (κ2) is 6.83. The Morgan fingerprint density at radius 3 is 2.26 bits per heavy atom. The van der Waals surface area contributed by atoms with Gasteiger partial charge in [0.2, 0.25) is 0 Å². The summed E-state index contributed by atoms with van der Waals surface area (Å²) in [5.74, 6) is 1.95. The summed E-state index contributed by atoms with van der Waals surface area (Å²) >= 11 is 0. The van der Waals surface area contributed by atoms with E-state index in [1.807, 2.05) is 48.5 Å². The Hall–Kier alpha value is -1.96. The van der Waals surface area contributed by atoms with Crippen LogP contribution < -0.4 is 9.47 Å². The van der Waals surface area contributed by atoms with Crippen molar-refractivity contribution < 1.29 is 9.47 Å². The lowest BCUT2D eigenvalue weighted by Crippen LogP contribution is -2.04. The van der Waals surface area contributed by atoms with Gasteiger partial charge < -0.3 is 9.47 Å². The lowest BCUT2D eigenvalue weighted by Gasteiger charge is -2.10. The van der Waals surface area contributed by atoms with Gasteiger partial charge in [-0.1, -0.05) is 50.2 Å². The van der Waals surface area contributed by atoms with Crippen LogP contribution in [-0.4, -0.2) is 6.61 Å². The highest BCUT2D eigenvalue weighted by Gasteiger charge is 2.01. The first-order valence-corrected chi connectivity index (χ1v) is 6.56. The van der Waals surface area contributed by atoms with Crippen molar-refractivity contribution in [2.24, 2.45) is 5.92 Å². The van der Waals surface area contributed by atoms with Crippen molar-refractivity contribution in [3.63, 3.8) is 0 Å². The minimum absolute atomic E-state index is 0.502. The third kappa shape index (κ3) is 4.66. The smallest absolute Gasteiger partial charge is 0.131 e. The molecule has 19 heavy (non-hydrogen) atoms. The number of benzene rings is 2. The third-order valence-electron chi connectivity index (χ3n) is 2.55. The molecular formula is C17H19O2. The Morgan fingerprint density at radius 2 is 1.58 bits per heavy atom. The van der Waals surface area contributed by atoms with Crippen LogP contribution in [0.15, 0.2) is 48.5 Å². The van der Waals surface area contributed by atoms with Gasteiger partial charge in [-0.05, 0) is 23.6 Å². The van der Waals surface area contributed by atoms with Crippen molar-refractivity contribution in [2.45, 2.75) is 20.5 Å². The molecule has 0 atom stereocenters. The van der Waals surface area contributed by atoms with Gasteiger partial charge >= 0.3 is 0 Å². The average molecular weight is 255 g/mol. The zero-order valence-electron chi connectivity index (χ0n) is 11.4. The monoisotopic (exact) mass is 255 g/mol. The van der Waals surface area contributed by atoms with Gasteiger partial charge in [-0.3, -0.25) is 0 Å². The summed E-state index contributed by atoms with van der Waals surface area (Å²) in [7, 11) is 0. The van der Waals surface area contributed by atoms with Crippen LogP contribution in [0.4, 0.5) is 0 Å². The molecule has 0 amide bonds. The van der Waals surface area contributed by atoms with Crippen molar-refractivity contribution in [2.75, 3.05) is 6.61 Å². The summed E-state index contributed by atoms with van der Waals surface area (Å²) in [6.45, 7) is 5.48. The van der Waals surface area contributed by atoms with E-state index < -0.39 is 0 Å². The van der Waals surface area contributed by atoms with Crippen molar-refractivity contribution in [1.29, 1.82) is 0 Å². The fourth-order valence-corrected chi connectivity index (χ4v) is 1.59. The topological polar surface area (TPSA) is 18.5 Å².